The van der Waals surface area contributed by atoms with Crippen LogP contribution < -0.4 is 0 Å². The number of halogens is 2. The first-order valence-corrected chi connectivity index (χ1v) is 10.9. The highest BCUT2D eigenvalue weighted by molar-refractivity contribution is 5.82. The molecule has 6 rings (SSSR count). The maximum absolute atomic E-state index is 13.9. The Labute approximate surface area is 181 Å². The second-order valence-corrected chi connectivity index (χ2v) is 9.17. The fraction of sp³-hybridized carbons (Fsp3) is 0.346. The lowest BCUT2D eigenvalue weighted by atomic mass is 9.71. The van der Waals surface area contributed by atoms with Gasteiger partial charge in [-0.05, 0) is 35.7 Å². The number of aliphatic hydroxyl groups is 1. The van der Waals surface area contributed by atoms with Gasteiger partial charge in [-0.25, -0.2) is 8.78 Å². The summed E-state index contributed by atoms with van der Waals surface area (Å²) in [5.41, 5.74) is 2.37. The molecule has 3 aliphatic rings. The highest BCUT2D eigenvalue weighted by Crippen LogP contribution is 2.48. The van der Waals surface area contributed by atoms with E-state index in [-0.39, 0.29) is 6.04 Å². The standard InChI is InChI=1S/C26H27F2N2O/c1-2-18-16-30(15-17-11-20(27)14-21(28)12-17)10-8-19(18)13-25(30)26(31)23-7-9-29-24-6-4-3-5-22(23)24/h2-7,9,11-12,14,18-19,25-26,31H,1,8,10,13,15-16H2/q+1/t18-,19-,25-,26+,30+/m0/s1. The molecule has 3 aliphatic heterocycles. The van der Waals surface area contributed by atoms with Crippen molar-refractivity contribution in [3.63, 3.8) is 0 Å². The van der Waals surface area contributed by atoms with Gasteiger partial charge in [0, 0.05) is 42.0 Å². The maximum Gasteiger partial charge on any atom is 0.131 e. The topological polar surface area (TPSA) is 33.1 Å². The van der Waals surface area contributed by atoms with Crippen molar-refractivity contribution in [2.24, 2.45) is 11.8 Å². The molecule has 3 nitrogen and oxygen atoms in total. The van der Waals surface area contributed by atoms with Gasteiger partial charge in [0.1, 0.15) is 30.3 Å². The Hall–Kier alpha value is -2.63. The van der Waals surface area contributed by atoms with Crippen molar-refractivity contribution < 1.29 is 18.4 Å². The van der Waals surface area contributed by atoms with Gasteiger partial charge in [-0.3, -0.25) is 4.98 Å². The van der Waals surface area contributed by atoms with Crippen LogP contribution in [0.15, 0.2) is 67.4 Å². The molecule has 2 bridgehead atoms. The zero-order valence-corrected chi connectivity index (χ0v) is 17.4. The fourth-order valence-corrected chi connectivity index (χ4v) is 6.03. The second kappa shape index (κ2) is 7.81. The monoisotopic (exact) mass is 421 g/mol. The van der Waals surface area contributed by atoms with Crippen molar-refractivity contribution in [3.8, 4) is 0 Å². The van der Waals surface area contributed by atoms with Gasteiger partial charge in [-0.1, -0.05) is 24.3 Å². The first kappa shape index (κ1) is 20.3. The molecule has 1 N–H and O–H groups in total. The molecule has 1 aromatic heterocycles. The number of piperidine rings is 3. The fourth-order valence-electron chi connectivity index (χ4n) is 6.03. The molecule has 0 radical (unpaired) electrons. The molecule has 160 valence electrons. The van der Waals surface area contributed by atoms with Gasteiger partial charge in [0.2, 0.25) is 0 Å². The summed E-state index contributed by atoms with van der Waals surface area (Å²) >= 11 is 0. The minimum absolute atomic E-state index is 0.0490. The van der Waals surface area contributed by atoms with Crippen LogP contribution in [0.4, 0.5) is 8.78 Å². The molecule has 0 saturated carbocycles. The Morgan fingerprint density at radius 2 is 1.94 bits per heavy atom. The van der Waals surface area contributed by atoms with Crippen LogP contribution in [-0.2, 0) is 6.54 Å². The number of aliphatic hydroxyl groups excluding tert-OH is 1. The Morgan fingerprint density at radius 3 is 2.71 bits per heavy atom. The van der Waals surface area contributed by atoms with Crippen LogP contribution in [0.25, 0.3) is 10.9 Å². The number of nitrogens with zero attached hydrogens (tertiary/aromatic N) is 2. The van der Waals surface area contributed by atoms with E-state index >= 15 is 0 Å². The van der Waals surface area contributed by atoms with Crippen LogP contribution in [0.5, 0.6) is 0 Å². The van der Waals surface area contributed by atoms with Gasteiger partial charge in [0.25, 0.3) is 0 Å². The summed E-state index contributed by atoms with van der Waals surface area (Å²) in [6, 6.07) is 13.5. The summed E-state index contributed by atoms with van der Waals surface area (Å²) in [4.78, 5) is 4.43. The summed E-state index contributed by atoms with van der Waals surface area (Å²) in [7, 11) is 0. The van der Waals surface area contributed by atoms with Crippen LogP contribution in [0.3, 0.4) is 0 Å². The van der Waals surface area contributed by atoms with Crippen molar-refractivity contribution in [2.75, 3.05) is 13.1 Å². The van der Waals surface area contributed by atoms with Gasteiger partial charge < -0.3 is 9.59 Å². The molecule has 3 saturated heterocycles. The molecule has 2 aromatic carbocycles. The summed E-state index contributed by atoms with van der Waals surface area (Å²) in [6.07, 6.45) is 4.99. The third-order valence-corrected chi connectivity index (χ3v) is 7.46. The van der Waals surface area contributed by atoms with Crippen molar-refractivity contribution >= 4 is 10.9 Å². The van der Waals surface area contributed by atoms with E-state index in [4.69, 9.17) is 0 Å². The lowest BCUT2D eigenvalue weighted by Crippen LogP contribution is -2.67. The van der Waals surface area contributed by atoms with Gasteiger partial charge in [-0.15, -0.1) is 6.58 Å². The van der Waals surface area contributed by atoms with Crippen LogP contribution in [-0.4, -0.2) is 33.7 Å². The number of pyridine rings is 1. The second-order valence-electron chi connectivity index (χ2n) is 9.17. The predicted molar refractivity (Wildman–Crippen MR) is 117 cm³/mol. The number of aromatic nitrogens is 1. The van der Waals surface area contributed by atoms with Crippen LogP contribution in [0, 0.1) is 23.5 Å². The van der Waals surface area contributed by atoms with Crippen LogP contribution >= 0.6 is 0 Å². The summed E-state index contributed by atoms with van der Waals surface area (Å²) in [5, 5.41) is 12.6. The number of hydrogen-bond acceptors (Lipinski definition) is 2. The molecule has 0 amide bonds. The van der Waals surface area contributed by atoms with Crippen molar-refractivity contribution in [3.05, 3.63) is 90.1 Å². The van der Waals surface area contributed by atoms with Gasteiger partial charge >= 0.3 is 0 Å². The molecule has 0 spiro atoms. The SMILES string of the molecule is C=C[C@H]1C[N@+]2(Cc3cc(F)cc(F)c3)CC[C@H]1C[C@H]2[C@H](O)c1ccnc2ccccc12. The lowest BCUT2D eigenvalue weighted by Gasteiger charge is -2.58. The molecular formula is C26H27F2N2O+. The average molecular weight is 422 g/mol. The van der Waals surface area contributed by atoms with Crippen molar-refractivity contribution in [1.29, 1.82) is 0 Å². The zero-order chi connectivity index (χ0) is 21.6. The molecule has 3 aromatic rings. The molecule has 0 unspecified atom stereocenters. The molecule has 3 fully saturated rings. The normalized spacial score (nSPS) is 28.5. The van der Waals surface area contributed by atoms with E-state index < -0.39 is 17.7 Å². The Morgan fingerprint density at radius 1 is 1.16 bits per heavy atom. The first-order valence-electron chi connectivity index (χ1n) is 10.9. The number of para-hydroxylation sites is 1. The molecule has 0 aliphatic carbocycles. The minimum atomic E-state index is -0.681. The largest absolute Gasteiger partial charge is 0.382 e. The number of fused-ring (bicyclic) bond motifs is 4. The highest BCUT2D eigenvalue weighted by atomic mass is 19.1. The zero-order valence-electron chi connectivity index (χ0n) is 17.4. The third kappa shape index (κ3) is 3.56. The quantitative estimate of drug-likeness (QED) is 0.456. The summed E-state index contributed by atoms with van der Waals surface area (Å²) in [6.45, 7) is 6.25. The first-order chi connectivity index (χ1) is 15.0. The lowest BCUT2D eigenvalue weighted by molar-refractivity contribution is -0.985. The molecule has 31 heavy (non-hydrogen) atoms. The van der Waals surface area contributed by atoms with Gasteiger partial charge in [0.05, 0.1) is 18.6 Å². The van der Waals surface area contributed by atoms with Gasteiger partial charge in [0.15, 0.2) is 0 Å². The van der Waals surface area contributed by atoms with Gasteiger partial charge in [-0.2, -0.15) is 0 Å². The van der Waals surface area contributed by atoms with E-state index in [1.165, 1.54) is 12.1 Å². The highest BCUT2D eigenvalue weighted by Gasteiger charge is 2.54. The summed E-state index contributed by atoms with van der Waals surface area (Å²) < 4.78 is 28.5. The van der Waals surface area contributed by atoms with E-state index in [9.17, 15) is 13.9 Å². The minimum Gasteiger partial charge on any atom is -0.382 e. The van der Waals surface area contributed by atoms with Crippen LogP contribution in [0.1, 0.15) is 30.1 Å². The van der Waals surface area contributed by atoms with E-state index in [0.717, 1.165) is 48.5 Å². The predicted octanol–water partition coefficient (Wildman–Crippen LogP) is 5.16. The van der Waals surface area contributed by atoms with Crippen molar-refractivity contribution in [1.82, 2.24) is 4.98 Å². The van der Waals surface area contributed by atoms with E-state index in [0.29, 0.717) is 28.4 Å². The molecule has 4 heterocycles. The third-order valence-electron chi connectivity index (χ3n) is 7.46. The smallest absolute Gasteiger partial charge is 0.131 e. The van der Waals surface area contributed by atoms with Crippen molar-refractivity contribution in [2.45, 2.75) is 31.5 Å². The van der Waals surface area contributed by atoms with E-state index in [1.54, 1.807) is 6.20 Å². The maximum atomic E-state index is 13.9. The average Bonchev–Trinajstić information content (AvgIpc) is 2.77. The number of quaternary nitrogens is 1. The summed E-state index contributed by atoms with van der Waals surface area (Å²) in [5.74, 6) is -0.283. The molecule has 5 heteroatoms. The Balaban J connectivity index is 1.56. The van der Waals surface area contributed by atoms with E-state index in [2.05, 4.69) is 11.6 Å². The van der Waals surface area contributed by atoms with E-state index in [1.807, 2.05) is 36.4 Å². The number of hydrogen-bond donors (Lipinski definition) is 1. The Kier molecular flexibility index (Phi) is 5.11. The molecule has 5 atom stereocenters. The van der Waals surface area contributed by atoms with Crippen LogP contribution in [0.2, 0.25) is 0 Å². The molecular weight excluding hydrogens is 394 g/mol. The number of rotatable bonds is 5. The number of benzene rings is 2. The Bertz CT molecular complexity index is 1110.